The van der Waals surface area contributed by atoms with Crippen LogP contribution < -0.4 is 5.32 Å². The predicted molar refractivity (Wildman–Crippen MR) is 28.7 cm³/mol. The van der Waals surface area contributed by atoms with Crippen LogP contribution in [-0.4, -0.2) is 31.8 Å². The van der Waals surface area contributed by atoms with Gasteiger partial charge in [-0.15, -0.1) is 0 Å². The molecule has 1 aliphatic heterocycles. The summed E-state index contributed by atoms with van der Waals surface area (Å²) >= 11 is 0. The third-order valence-electron chi connectivity index (χ3n) is 1.19. The van der Waals surface area contributed by atoms with Gasteiger partial charge in [0, 0.05) is 0 Å². The van der Waals surface area contributed by atoms with Gasteiger partial charge in [-0.3, -0.25) is 10.1 Å². The number of alkyl halides is 1. The Balaban J connectivity index is 2.28. The fraction of sp³-hybridized carbons (Fsp3) is 0.800. The van der Waals surface area contributed by atoms with Gasteiger partial charge < -0.3 is 4.74 Å². The largest absolute Gasteiger partial charge is 0.355 e. The Bertz CT molecular complexity index is 109. The van der Waals surface area contributed by atoms with Crippen LogP contribution in [0.4, 0.5) is 4.39 Å². The van der Waals surface area contributed by atoms with E-state index in [1.807, 2.05) is 0 Å². The maximum atomic E-state index is 11.7. The van der Waals surface area contributed by atoms with Crippen LogP contribution in [0.1, 0.15) is 0 Å². The second-order valence-electron chi connectivity index (χ2n) is 1.91. The van der Waals surface area contributed by atoms with Gasteiger partial charge in [0.2, 0.25) is 0 Å². The quantitative estimate of drug-likeness (QED) is 0.514. The van der Waals surface area contributed by atoms with E-state index in [0.717, 1.165) is 0 Å². The molecule has 0 amide bonds. The van der Waals surface area contributed by atoms with Crippen molar-refractivity contribution in [2.24, 2.45) is 0 Å². The van der Waals surface area contributed by atoms with Crippen molar-refractivity contribution < 1.29 is 13.9 Å². The fourth-order valence-corrected chi connectivity index (χ4v) is 0.716. The van der Waals surface area contributed by atoms with Crippen molar-refractivity contribution in [3.8, 4) is 0 Å². The van der Waals surface area contributed by atoms with E-state index in [2.05, 4.69) is 5.32 Å². The highest BCUT2D eigenvalue weighted by molar-refractivity contribution is 5.55. The molecule has 2 atom stereocenters. The molecule has 1 heterocycles. The highest BCUT2D eigenvalue weighted by Gasteiger charge is 2.22. The molecule has 0 aromatic rings. The van der Waals surface area contributed by atoms with Crippen molar-refractivity contribution in [2.75, 3.05) is 13.3 Å². The van der Waals surface area contributed by atoms with Crippen molar-refractivity contribution in [3.05, 3.63) is 0 Å². The van der Waals surface area contributed by atoms with E-state index in [9.17, 15) is 9.18 Å². The molecule has 0 aromatic heterocycles. The number of nitrogens with one attached hydrogen (secondary N) is 1. The summed E-state index contributed by atoms with van der Waals surface area (Å²) in [4.78, 5) is 9.96. The number of hydrogen-bond donors (Lipinski definition) is 1. The molecule has 0 aliphatic carbocycles. The van der Waals surface area contributed by atoms with E-state index in [-0.39, 0.29) is 6.04 Å². The van der Waals surface area contributed by atoms with Crippen molar-refractivity contribution in [2.45, 2.75) is 12.3 Å². The minimum Gasteiger partial charge on any atom is -0.355 e. The zero-order valence-corrected chi connectivity index (χ0v) is 4.84. The minimum atomic E-state index is -0.592. The average molecular weight is 133 g/mol. The molecule has 0 spiro atoms. The van der Waals surface area contributed by atoms with Gasteiger partial charge in [0.05, 0.1) is 12.6 Å². The number of rotatable bonds is 2. The Kier molecular flexibility index (Phi) is 2.13. The summed E-state index contributed by atoms with van der Waals surface area (Å²) in [6.07, 6.45) is 0.0288. The van der Waals surface area contributed by atoms with Crippen molar-refractivity contribution in [3.63, 3.8) is 0 Å². The standard InChI is InChI=1S/C5H8FNO2/c6-1-4-3-9-5(2-8)7-4/h2,4-5,7H,1,3H2. The van der Waals surface area contributed by atoms with E-state index in [1.54, 1.807) is 0 Å². The van der Waals surface area contributed by atoms with Gasteiger partial charge in [0.1, 0.15) is 6.67 Å². The SMILES string of the molecule is O=CC1NC(CF)CO1. The molecule has 2 unspecified atom stereocenters. The van der Waals surface area contributed by atoms with Crippen LogP contribution in [0.2, 0.25) is 0 Å². The maximum absolute atomic E-state index is 11.7. The van der Waals surface area contributed by atoms with Crippen LogP contribution in [0.5, 0.6) is 0 Å². The molecule has 4 heteroatoms. The second-order valence-corrected chi connectivity index (χ2v) is 1.91. The van der Waals surface area contributed by atoms with Crippen LogP contribution in [0, 0.1) is 0 Å². The van der Waals surface area contributed by atoms with Gasteiger partial charge in [-0.1, -0.05) is 0 Å². The molecule has 1 fully saturated rings. The van der Waals surface area contributed by atoms with Gasteiger partial charge in [-0.25, -0.2) is 4.39 Å². The lowest BCUT2D eigenvalue weighted by Gasteiger charge is -2.00. The number of ether oxygens (including phenoxy) is 1. The molecular weight excluding hydrogens is 125 g/mol. The summed E-state index contributed by atoms with van der Waals surface area (Å²) < 4.78 is 16.5. The number of halogens is 1. The highest BCUT2D eigenvalue weighted by Crippen LogP contribution is 2.00. The van der Waals surface area contributed by atoms with Crippen molar-refractivity contribution in [1.82, 2.24) is 5.32 Å². The summed E-state index contributed by atoms with van der Waals surface area (Å²) in [6.45, 7) is -0.190. The zero-order chi connectivity index (χ0) is 6.69. The summed E-state index contributed by atoms with van der Waals surface area (Å²) in [5.41, 5.74) is 0. The number of hydrogen-bond acceptors (Lipinski definition) is 3. The first kappa shape index (κ1) is 6.64. The molecular formula is C5H8FNO2. The predicted octanol–water partition coefficient (Wildman–Crippen LogP) is -0.531. The lowest BCUT2D eigenvalue weighted by Crippen LogP contribution is -2.32. The smallest absolute Gasteiger partial charge is 0.165 e. The van der Waals surface area contributed by atoms with Crippen LogP contribution in [0.15, 0.2) is 0 Å². The van der Waals surface area contributed by atoms with Crippen LogP contribution in [0.3, 0.4) is 0 Å². The first-order chi connectivity index (χ1) is 4.36. The van der Waals surface area contributed by atoms with Gasteiger partial charge in [-0.2, -0.15) is 0 Å². The first-order valence-electron chi connectivity index (χ1n) is 2.75. The maximum Gasteiger partial charge on any atom is 0.165 e. The van der Waals surface area contributed by atoms with Gasteiger partial charge in [0.25, 0.3) is 0 Å². The minimum absolute atomic E-state index is 0.291. The molecule has 1 saturated heterocycles. The Labute approximate surface area is 52.2 Å². The molecule has 1 rings (SSSR count). The lowest BCUT2D eigenvalue weighted by molar-refractivity contribution is -0.116. The van der Waals surface area contributed by atoms with Crippen LogP contribution >= 0.6 is 0 Å². The lowest BCUT2D eigenvalue weighted by atomic mass is 10.4. The number of aldehydes is 1. The van der Waals surface area contributed by atoms with Gasteiger partial charge in [0.15, 0.2) is 12.5 Å². The molecule has 1 aliphatic rings. The highest BCUT2D eigenvalue weighted by atomic mass is 19.1. The van der Waals surface area contributed by atoms with Crippen LogP contribution in [0.25, 0.3) is 0 Å². The molecule has 1 N–H and O–H groups in total. The second kappa shape index (κ2) is 2.89. The average Bonchev–Trinajstić information content (AvgIpc) is 2.34. The molecule has 0 aromatic carbocycles. The van der Waals surface area contributed by atoms with Gasteiger partial charge >= 0.3 is 0 Å². The van der Waals surface area contributed by atoms with Crippen molar-refractivity contribution >= 4 is 6.29 Å². The van der Waals surface area contributed by atoms with Crippen molar-refractivity contribution in [1.29, 1.82) is 0 Å². The normalized spacial score (nSPS) is 34.8. The van der Waals surface area contributed by atoms with E-state index in [1.165, 1.54) is 0 Å². The summed E-state index contributed by atoms with van der Waals surface area (Å²) in [5, 5.41) is 2.62. The molecule has 0 saturated carbocycles. The van der Waals surface area contributed by atoms with Gasteiger partial charge in [-0.05, 0) is 0 Å². The van der Waals surface area contributed by atoms with E-state index in [0.29, 0.717) is 12.9 Å². The molecule has 9 heavy (non-hydrogen) atoms. The summed E-state index contributed by atoms with van der Waals surface area (Å²) in [5.74, 6) is 0. The molecule has 52 valence electrons. The monoisotopic (exact) mass is 133 g/mol. The first-order valence-corrected chi connectivity index (χ1v) is 2.75. The zero-order valence-electron chi connectivity index (χ0n) is 4.84. The summed E-state index contributed by atoms with van der Waals surface area (Å²) in [6, 6.07) is -0.291. The van der Waals surface area contributed by atoms with Crippen LogP contribution in [-0.2, 0) is 9.53 Å². The van der Waals surface area contributed by atoms with E-state index < -0.39 is 12.9 Å². The number of carbonyl (C=O) groups excluding carboxylic acids is 1. The van der Waals surface area contributed by atoms with E-state index in [4.69, 9.17) is 4.74 Å². The third-order valence-corrected chi connectivity index (χ3v) is 1.19. The molecule has 3 nitrogen and oxygen atoms in total. The topological polar surface area (TPSA) is 38.3 Å². The summed E-state index contributed by atoms with van der Waals surface area (Å²) in [7, 11) is 0. The third kappa shape index (κ3) is 1.46. The fourth-order valence-electron chi connectivity index (χ4n) is 0.716. The molecule has 0 radical (unpaired) electrons. The Hall–Kier alpha value is -0.480. The Morgan fingerprint density at radius 3 is 3.00 bits per heavy atom. The van der Waals surface area contributed by atoms with E-state index >= 15 is 0 Å². The molecule has 0 bridgehead atoms. The Morgan fingerprint density at radius 1 is 1.89 bits per heavy atom. The number of carbonyl (C=O) groups is 1. The Morgan fingerprint density at radius 2 is 2.67 bits per heavy atom.